The molecule has 0 rings (SSSR count). The lowest BCUT2D eigenvalue weighted by Crippen LogP contribution is -2.43. The quantitative estimate of drug-likeness (QED) is 0.398. The summed E-state index contributed by atoms with van der Waals surface area (Å²) in [7, 11) is 3.12. The Labute approximate surface area is 134 Å². The maximum Gasteiger partial charge on any atom is 0.330 e. The lowest BCUT2D eigenvalue weighted by molar-refractivity contribution is -0.145. The predicted molar refractivity (Wildman–Crippen MR) is 87.7 cm³/mol. The molecule has 0 aliphatic rings. The van der Waals surface area contributed by atoms with Gasteiger partial charge in [-0.05, 0) is 6.42 Å². The van der Waals surface area contributed by atoms with E-state index in [0.29, 0.717) is 12.2 Å². The Morgan fingerprint density at radius 1 is 1.48 bits per heavy atom. The molecule has 0 radical (unpaired) electrons. The van der Waals surface area contributed by atoms with E-state index in [4.69, 9.17) is 10.00 Å². The van der Waals surface area contributed by atoms with Crippen LogP contribution in [0.1, 0.15) is 33.6 Å². The average molecular weight is 330 g/mol. The molecule has 118 valence electrons. The third kappa shape index (κ3) is 11.2. The van der Waals surface area contributed by atoms with Gasteiger partial charge >= 0.3 is 5.97 Å². The molecule has 5 nitrogen and oxygen atoms in total. The van der Waals surface area contributed by atoms with Crippen molar-refractivity contribution in [2.24, 2.45) is 0 Å². The second kappa shape index (κ2) is 10.6. The van der Waals surface area contributed by atoms with Crippen molar-refractivity contribution < 1.29 is 14.3 Å². The summed E-state index contributed by atoms with van der Waals surface area (Å²) in [4.78, 5) is 23.5. The minimum atomic E-state index is -0.740. The first-order valence-corrected chi connectivity index (χ1v) is 8.86. The summed E-state index contributed by atoms with van der Waals surface area (Å²) in [5.74, 6) is -0.410. The fourth-order valence-corrected chi connectivity index (χ4v) is 3.60. The third-order valence-electron chi connectivity index (χ3n) is 2.02. The van der Waals surface area contributed by atoms with Crippen LogP contribution in [0.15, 0.2) is 12.7 Å². The van der Waals surface area contributed by atoms with E-state index in [9.17, 15) is 9.59 Å². The number of rotatable bonds is 9. The smallest absolute Gasteiger partial charge is 0.330 e. The molecule has 1 N–H and O–H groups in total. The molecule has 0 fully saturated rings. The Morgan fingerprint density at radius 3 is 2.67 bits per heavy atom. The van der Waals surface area contributed by atoms with Crippen LogP contribution in [0.25, 0.3) is 0 Å². The zero-order chi connectivity index (χ0) is 16.3. The molecule has 7 heteroatoms. The molecular formula is C14H22N2O3S2. The number of carbonyl (C=O) groups excluding carboxylic acids is 2. The summed E-state index contributed by atoms with van der Waals surface area (Å²) >= 11 is 0. The molecule has 21 heavy (non-hydrogen) atoms. The summed E-state index contributed by atoms with van der Waals surface area (Å²) in [5, 5.41) is 11.1. The molecule has 0 spiro atoms. The van der Waals surface area contributed by atoms with Crippen molar-refractivity contribution in [3.05, 3.63) is 12.7 Å². The number of amides is 1. The Balaban J connectivity index is 4.46. The van der Waals surface area contributed by atoms with Crippen LogP contribution in [0.2, 0.25) is 0 Å². The molecule has 0 aromatic rings. The summed E-state index contributed by atoms with van der Waals surface area (Å²) in [6.07, 6.45) is 2.48. The fourth-order valence-electron chi connectivity index (χ4n) is 1.15. The van der Waals surface area contributed by atoms with Gasteiger partial charge in [0.05, 0.1) is 0 Å². The minimum absolute atomic E-state index is 0.0542. The van der Waals surface area contributed by atoms with Crippen LogP contribution in [0.5, 0.6) is 0 Å². The van der Waals surface area contributed by atoms with Crippen molar-refractivity contribution in [2.75, 3.05) is 12.4 Å². The summed E-state index contributed by atoms with van der Waals surface area (Å²) in [6.45, 7) is 9.44. The van der Waals surface area contributed by atoms with Crippen LogP contribution in [0.4, 0.5) is 0 Å². The van der Waals surface area contributed by atoms with Gasteiger partial charge in [-0.15, -0.1) is 6.58 Å². The zero-order valence-electron chi connectivity index (χ0n) is 12.7. The maximum atomic E-state index is 11.8. The topological polar surface area (TPSA) is 79.2 Å². The van der Waals surface area contributed by atoms with Crippen LogP contribution in [-0.4, -0.2) is 35.0 Å². The number of carbonyl (C=O) groups is 2. The van der Waals surface area contributed by atoms with Crippen molar-refractivity contribution >= 4 is 33.5 Å². The van der Waals surface area contributed by atoms with Gasteiger partial charge in [0, 0.05) is 16.9 Å². The molecule has 0 saturated carbocycles. The van der Waals surface area contributed by atoms with E-state index in [0.717, 1.165) is 0 Å². The first-order chi connectivity index (χ1) is 9.80. The fraction of sp³-hybridized carbons (Fsp3) is 0.643. The van der Waals surface area contributed by atoms with Crippen LogP contribution in [0.3, 0.4) is 0 Å². The first kappa shape index (κ1) is 19.9. The SMILES string of the molecule is C=CCCC(=O)NC(CSSC(C)(C)C)C(=O)OCC#N. The maximum absolute atomic E-state index is 11.8. The average Bonchev–Trinajstić information content (AvgIpc) is 2.40. The van der Waals surface area contributed by atoms with Gasteiger partial charge in [0.25, 0.3) is 0 Å². The van der Waals surface area contributed by atoms with Crippen LogP contribution in [-0.2, 0) is 14.3 Å². The molecule has 1 amide bonds. The van der Waals surface area contributed by atoms with E-state index in [2.05, 4.69) is 32.7 Å². The number of nitriles is 1. The standard InChI is InChI=1S/C14H22N2O3S2/c1-5-6-7-12(17)16-11(13(18)19-9-8-15)10-20-21-14(2,3)4/h5,11H,1,6-7,9-10H2,2-4H3,(H,16,17). The zero-order valence-corrected chi connectivity index (χ0v) is 14.3. The summed E-state index contributed by atoms with van der Waals surface area (Å²) in [6, 6.07) is 1.00. The Hall–Kier alpha value is -1.13. The molecule has 0 aliphatic carbocycles. The van der Waals surface area contributed by atoms with Crippen molar-refractivity contribution in [1.29, 1.82) is 5.26 Å². The lowest BCUT2D eigenvalue weighted by Gasteiger charge is -2.20. The number of nitrogens with zero attached hydrogens (tertiary/aromatic N) is 1. The molecule has 0 saturated heterocycles. The van der Waals surface area contributed by atoms with E-state index < -0.39 is 12.0 Å². The minimum Gasteiger partial charge on any atom is -0.449 e. The van der Waals surface area contributed by atoms with Gasteiger partial charge < -0.3 is 10.1 Å². The van der Waals surface area contributed by atoms with E-state index >= 15 is 0 Å². The van der Waals surface area contributed by atoms with Crippen LogP contribution < -0.4 is 5.32 Å². The first-order valence-electron chi connectivity index (χ1n) is 6.54. The van der Waals surface area contributed by atoms with Gasteiger partial charge in [-0.1, -0.05) is 48.4 Å². The third-order valence-corrected chi connectivity index (χ3v) is 5.37. The second-order valence-electron chi connectivity index (χ2n) is 5.19. The number of hydrogen-bond donors (Lipinski definition) is 1. The summed E-state index contributed by atoms with van der Waals surface area (Å²) < 4.78 is 4.84. The lowest BCUT2D eigenvalue weighted by atomic mass is 10.2. The van der Waals surface area contributed by atoms with E-state index in [-0.39, 0.29) is 23.7 Å². The van der Waals surface area contributed by atoms with Crippen molar-refractivity contribution in [3.63, 3.8) is 0 Å². The van der Waals surface area contributed by atoms with Gasteiger partial charge in [-0.3, -0.25) is 4.79 Å². The molecular weight excluding hydrogens is 308 g/mol. The second-order valence-corrected chi connectivity index (χ2v) is 8.36. The molecule has 0 aromatic carbocycles. The normalized spacial score (nSPS) is 12.1. The predicted octanol–water partition coefficient (Wildman–Crippen LogP) is 2.68. The molecule has 0 aromatic heterocycles. The highest BCUT2D eigenvalue weighted by atomic mass is 33.1. The number of esters is 1. The largest absolute Gasteiger partial charge is 0.449 e. The number of hydrogen-bond acceptors (Lipinski definition) is 6. The Bertz CT molecular complexity index is 400. The molecule has 0 heterocycles. The van der Waals surface area contributed by atoms with E-state index in [1.54, 1.807) is 22.9 Å². The summed E-state index contributed by atoms with van der Waals surface area (Å²) in [5.41, 5.74) is 0. The van der Waals surface area contributed by atoms with E-state index in [1.165, 1.54) is 10.8 Å². The molecule has 1 unspecified atom stereocenters. The van der Waals surface area contributed by atoms with Gasteiger partial charge in [-0.25, -0.2) is 4.79 Å². The van der Waals surface area contributed by atoms with Gasteiger partial charge in [0.1, 0.15) is 12.1 Å². The van der Waals surface area contributed by atoms with Gasteiger partial charge in [0.15, 0.2) is 6.61 Å². The van der Waals surface area contributed by atoms with E-state index in [1.807, 2.05) is 0 Å². The number of allylic oxidation sites excluding steroid dienone is 1. The molecule has 1 atom stereocenters. The number of nitrogens with one attached hydrogen (secondary N) is 1. The van der Waals surface area contributed by atoms with Crippen LogP contribution >= 0.6 is 21.6 Å². The van der Waals surface area contributed by atoms with Gasteiger partial charge in [0.2, 0.25) is 5.91 Å². The Kier molecular flexibility index (Phi) is 10.0. The van der Waals surface area contributed by atoms with Gasteiger partial charge in [-0.2, -0.15) is 5.26 Å². The Morgan fingerprint density at radius 2 is 2.14 bits per heavy atom. The van der Waals surface area contributed by atoms with Crippen molar-refractivity contribution in [2.45, 2.75) is 44.4 Å². The molecule has 0 bridgehead atoms. The highest BCUT2D eigenvalue weighted by molar-refractivity contribution is 8.77. The highest BCUT2D eigenvalue weighted by Gasteiger charge is 2.23. The number of ether oxygens (including phenoxy) is 1. The van der Waals surface area contributed by atoms with Crippen molar-refractivity contribution in [1.82, 2.24) is 5.32 Å². The monoisotopic (exact) mass is 330 g/mol. The molecule has 0 aliphatic heterocycles. The highest BCUT2D eigenvalue weighted by Crippen LogP contribution is 2.35. The van der Waals surface area contributed by atoms with Crippen molar-refractivity contribution in [3.8, 4) is 6.07 Å². The van der Waals surface area contributed by atoms with Crippen LogP contribution in [0, 0.1) is 11.3 Å².